The second-order valence-corrected chi connectivity index (χ2v) is 5.45. The van der Waals surface area contributed by atoms with E-state index in [0.717, 1.165) is 5.56 Å². The van der Waals surface area contributed by atoms with Crippen molar-refractivity contribution in [3.8, 4) is 11.5 Å². The van der Waals surface area contributed by atoms with Crippen molar-refractivity contribution in [2.24, 2.45) is 0 Å². The minimum Gasteiger partial charge on any atom is -0.490 e. The molecule has 0 unspecified atom stereocenters. The quantitative estimate of drug-likeness (QED) is 0.833. The molecule has 1 N–H and O–H groups in total. The third-order valence-electron chi connectivity index (χ3n) is 3.26. The number of para-hydroxylation sites is 2. The van der Waals surface area contributed by atoms with Crippen LogP contribution in [-0.4, -0.2) is 19.1 Å². The molecule has 0 aliphatic carbocycles. The van der Waals surface area contributed by atoms with Gasteiger partial charge >= 0.3 is 0 Å². The highest BCUT2D eigenvalue weighted by atomic mass is 35.5. The van der Waals surface area contributed by atoms with Gasteiger partial charge in [-0.15, -0.1) is 0 Å². The van der Waals surface area contributed by atoms with Crippen molar-refractivity contribution < 1.29 is 14.3 Å². The number of carbonyl (C=O) groups is 1. The molecule has 0 saturated carbocycles. The Kier molecular flexibility index (Phi) is 6.29. The molecule has 122 valence electrons. The highest BCUT2D eigenvalue weighted by Crippen LogP contribution is 2.26. The van der Waals surface area contributed by atoms with Gasteiger partial charge in [0.25, 0.3) is 5.91 Å². The summed E-state index contributed by atoms with van der Waals surface area (Å²) in [5.74, 6) is 0.996. The Morgan fingerprint density at radius 2 is 1.70 bits per heavy atom. The number of hydrogen-bond acceptors (Lipinski definition) is 3. The molecule has 1 amide bonds. The van der Waals surface area contributed by atoms with Crippen molar-refractivity contribution in [3.05, 3.63) is 59.1 Å². The fraction of sp³-hybridized carbons (Fsp3) is 0.278. The molecule has 5 heteroatoms. The molecule has 0 aromatic heterocycles. The first-order chi connectivity index (χ1) is 11.1. The van der Waals surface area contributed by atoms with Crippen molar-refractivity contribution in [1.82, 2.24) is 5.32 Å². The summed E-state index contributed by atoms with van der Waals surface area (Å²) in [7, 11) is 0. The van der Waals surface area contributed by atoms with E-state index in [-0.39, 0.29) is 18.6 Å². The van der Waals surface area contributed by atoms with Gasteiger partial charge in [-0.25, -0.2) is 0 Å². The molecular weight excluding hydrogens is 314 g/mol. The fourth-order valence-electron chi connectivity index (χ4n) is 2.11. The molecule has 2 aromatic carbocycles. The lowest BCUT2D eigenvalue weighted by molar-refractivity contribution is -0.123. The van der Waals surface area contributed by atoms with Gasteiger partial charge in [-0.05, 0) is 43.7 Å². The molecule has 23 heavy (non-hydrogen) atoms. The Labute approximate surface area is 141 Å². The van der Waals surface area contributed by atoms with Crippen LogP contribution in [0.1, 0.15) is 25.5 Å². The number of ether oxygens (including phenoxy) is 2. The normalized spacial score (nSPS) is 11.6. The number of nitrogens with one attached hydrogen (secondary N) is 1. The van der Waals surface area contributed by atoms with E-state index < -0.39 is 0 Å². The molecule has 0 saturated heterocycles. The molecule has 0 aliphatic heterocycles. The number of halogens is 1. The van der Waals surface area contributed by atoms with E-state index in [1.807, 2.05) is 44.2 Å². The standard InChI is InChI=1S/C18H20ClNO3/c1-3-22-16-6-4-5-7-17(16)23-12-18(21)20-13(2)14-8-10-15(19)11-9-14/h4-11,13H,3,12H2,1-2H3,(H,20,21)/t13-/m0/s1. The van der Waals surface area contributed by atoms with Gasteiger partial charge in [-0.2, -0.15) is 0 Å². The molecule has 0 heterocycles. The first-order valence-corrected chi connectivity index (χ1v) is 7.87. The highest BCUT2D eigenvalue weighted by molar-refractivity contribution is 6.30. The summed E-state index contributed by atoms with van der Waals surface area (Å²) in [4.78, 5) is 12.0. The SMILES string of the molecule is CCOc1ccccc1OCC(=O)N[C@@H](C)c1ccc(Cl)cc1. The van der Waals surface area contributed by atoms with Crippen LogP contribution in [0.25, 0.3) is 0 Å². The van der Waals surface area contributed by atoms with Crippen LogP contribution < -0.4 is 14.8 Å². The maximum absolute atomic E-state index is 12.0. The van der Waals surface area contributed by atoms with Gasteiger partial charge in [0.2, 0.25) is 0 Å². The lowest BCUT2D eigenvalue weighted by Crippen LogP contribution is -2.31. The average Bonchev–Trinajstić information content (AvgIpc) is 2.55. The number of amides is 1. The zero-order valence-corrected chi connectivity index (χ0v) is 14.0. The molecular formula is C18H20ClNO3. The Balaban J connectivity index is 1.89. The van der Waals surface area contributed by atoms with Crippen LogP contribution >= 0.6 is 11.6 Å². The first-order valence-electron chi connectivity index (χ1n) is 7.49. The summed E-state index contributed by atoms with van der Waals surface area (Å²) in [6.07, 6.45) is 0. The van der Waals surface area contributed by atoms with Gasteiger partial charge in [0.1, 0.15) is 0 Å². The average molecular weight is 334 g/mol. The summed E-state index contributed by atoms with van der Waals surface area (Å²) in [5, 5.41) is 3.56. The van der Waals surface area contributed by atoms with Gasteiger partial charge in [-0.1, -0.05) is 35.9 Å². The predicted molar refractivity (Wildman–Crippen MR) is 91.1 cm³/mol. The molecule has 0 fully saturated rings. The topological polar surface area (TPSA) is 47.6 Å². The second-order valence-electron chi connectivity index (χ2n) is 5.01. The van der Waals surface area contributed by atoms with Crippen LogP contribution in [0, 0.1) is 0 Å². The third-order valence-corrected chi connectivity index (χ3v) is 3.51. The molecule has 0 spiro atoms. The van der Waals surface area contributed by atoms with Gasteiger partial charge in [-0.3, -0.25) is 4.79 Å². The van der Waals surface area contributed by atoms with E-state index in [2.05, 4.69) is 5.32 Å². The molecule has 1 atom stereocenters. The Bertz CT molecular complexity index is 643. The maximum atomic E-state index is 12.0. The van der Waals surface area contributed by atoms with E-state index in [1.165, 1.54) is 0 Å². The first kappa shape index (κ1) is 17.2. The van der Waals surface area contributed by atoms with Gasteiger partial charge in [0.15, 0.2) is 18.1 Å². The Morgan fingerprint density at radius 1 is 1.09 bits per heavy atom. The van der Waals surface area contributed by atoms with Crippen molar-refractivity contribution >= 4 is 17.5 Å². The molecule has 0 radical (unpaired) electrons. The van der Waals surface area contributed by atoms with Crippen molar-refractivity contribution in [2.45, 2.75) is 19.9 Å². The zero-order valence-electron chi connectivity index (χ0n) is 13.2. The summed E-state index contributed by atoms with van der Waals surface area (Å²) in [6, 6.07) is 14.5. The maximum Gasteiger partial charge on any atom is 0.258 e. The van der Waals surface area contributed by atoms with Crippen LogP contribution in [0.2, 0.25) is 5.02 Å². The smallest absolute Gasteiger partial charge is 0.258 e. The predicted octanol–water partition coefficient (Wildman–Crippen LogP) is 3.99. The lowest BCUT2D eigenvalue weighted by Gasteiger charge is -2.15. The van der Waals surface area contributed by atoms with Crippen LogP contribution in [0.4, 0.5) is 0 Å². The van der Waals surface area contributed by atoms with Gasteiger partial charge in [0.05, 0.1) is 12.6 Å². The Hall–Kier alpha value is -2.20. The molecule has 2 rings (SSSR count). The number of rotatable bonds is 7. The van der Waals surface area contributed by atoms with Crippen molar-refractivity contribution in [2.75, 3.05) is 13.2 Å². The minimum atomic E-state index is -0.196. The molecule has 0 bridgehead atoms. The fourth-order valence-corrected chi connectivity index (χ4v) is 2.23. The van der Waals surface area contributed by atoms with Crippen molar-refractivity contribution in [1.29, 1.82) is 0 Å². The summed E-state index contributed by atoms with van der Waals surface area (Å²) >= 11 is 5.86. The highest BCUT2D eigenvalue weighted by Gasteiger charge is 2.11. The van der Waals surface area contributed by atoms with Crippen LogP contribution in [0.3, 0.4) is 0 Å². The van der Waals surface area contributed by atoms with Crippen LogP contribution in [-0.2, 0) is 4.79 Å². The third kappa shape index (κ3) is 5.18. The van der Waals surface area contributed by atoms with Gasteiger partial charge in [0, 0.05) is 5.02 Å². The summed E-state index contributed by atoms with van der Waals surface area (Å²) < 4.78 is 11.0. The number of hydrogen-bond donors (Lipinski definition) is 1. The summed E-state index contributed by atoms with van der Waals surface area (Å²) in [5.41, 5.74) is 0.984. The molecule has 2 aromatic rings. The number of benzene rings is 2. The van der Waals surface area contributed by atoms with E-state index >= 15 is 0 Å². The zero-order chi connectivity index (χ0) is 16.7. The van der Waals surface area contributed by atoms with Gasteiger partial charge < -0.3 is 14.8 Å². The lowest BCUT2D eigenvalue weighted by atomic mass is 10.1. The van der Waals surface area contributed by atoms with E-state index in [9.17, 15) is 4.79 Å². The van der Waals surface area contributed by atoms with Crippen LogP contribution in [0.15, 0.2) is 48.5 Å². The second kappa shape index (κ2) is 8.44. The summed E-state index contributed by atoms with van der Waals surface area (Å²) in [6.45, 7) is 4.29. The molecule has 0 aliphatic rings. The Morgan fingerprint density at radius 3 is 2.30 bits per heavy atom. The van der Waals surface area contributed by atoms with Crippen LogP contribution in [0.5, 0.6) is 11.5 Å². The monoisotopic (exact) mass is 333 g/mol. The van der Waals surface area contributed by atoms with E-state index in [1.54, 1.807) is 18.2 Å². The number of carbonyl (C=O) groups excluding carboxylic acids is 1. The molecule has 4 nitrogen and oxygen atoms in total. The minimum absolute atomic E-state index is 0.0674. The van der Waals surface area contributed by atoms with E-state index in [4.69, 9.17) is 21.1 Å². The van der Waals surface area contributed by atoms with Crippen molar-refractivity contribution in [3.63, 3.8) is 0 Å². The van der Waals surface area contributed by atoms with E-state index in [0.29, 0.717) is 23.1 Å². The largest absolute Gasteiger partial charge is 0.490 e.